The van der Waals surface area contributed by atoms with E-state index in [-0.39, 0.29) is 0 Å². The van der Waals surface area contributed by atoms with Gasteiger partial charge in [-0.1, -0.05) is 18.2 Å². The Balaban J connectivity index is 2.51. The summed E-state index contributed by atoms with van der Waals surface area (Å²) in [5.41, 5.74) is 14.6. The van der Waals surface area contributed by atoms with E-state index >= 15 is 0 Å². The van der Waals surface area contributed by atoms with Gasteiger partial charge in [0.2, 0.25) is 0 Å². The zero-order valence-electron chi connectivity index (χ0n) is 9.35. The lowest BCUT2D eigenvalue weighted by molar-refractivity contribution is 0.789. The molecule has 0 fully saturated rings. The maximum atomic E-state index is 5.72. The second-order valence-corrected chi connectivity index (χ2v) is 3.80. The van der Waals surface area contributed by atoms with E-state index < -0.39 is 0 Å². The van der Waals surface area contributed by atoms with Crippen molar-refractivity contribution in [1.82, 2.24) is 9.78 Å². The van der Waals surface area contributed by atoms with Crippen molar-refractivity contribution in [3.05, 3.63) is 41.6 Å². The van der Waals surface area contributed by atoms with Crippen LogP contribution in [0.3, 0.4) is 0 Å². The maximum absolute atomic E-state index is 5.72. The highest BCUT2D eigenvalue weighted by Gasteiger charge is 2.08. The van der Waals surface area contributed by atoms with E-state index in [4.69, 9.17) is 11.5 Å². The van der Waals surface area contributed by atoms with Crippen molar-refractivity contribution in [2.75, 3.05) is 12.3 Å². The van der Waals surface area contributed by atoms with Crippen molar-refractivity contribution in [3.8, 4) is 5.69 Å². The monoisotopic (exact) mass is 216 g/mol. The third-order valence-electron chi connectivity index (χ3n) is 2.55. The number of para-hydroxylation sites is 1. The number of rotatable bonds is 3. The molecule has 1 aromatic heterocycles. The Hall–Kier alpha value is -1.81. The number of hydrogen-bond donors (Lipinski definition) is 2. The van der Waals surface area contributed by atoms with E-state index in [0.717, 1.165) is 17.8 Å². The fourth-order valence-corrected chi connectivity index (χ4v) is 1.78. The molecule has 1 aromatic carbocycles. The number of anilines is 1. The highest BCUT2D eigenvalue weighted by Crippen LogP contribution is 2.17. The zero-order chi connectivity index (χ0) is 11.5. The molecule has 0 aliphatic carbocycles. The first-order valence-electron chi connectivity index (χ1n) is 5.33. The van der Waals surface area contributed by atoms with E-state index in [1.54, 1.807) is 0 Å². The van der Waals surface area contributed by atoms with E-state index in [9.17, 15) is 0 Å². The number of nitrogen functional groups attached to an aromatic ring is 1. The van der Waals surface area contributed by atoms with Crippen LogP contribution < -0.4 is 11.5 Å². The number of hydrogen-bond acceptors (Lipinski definition) is 3. The molecule has 0 bridgehead atoms. The topological polar surface area (TPSA) is 69.9 Å². The van der Waals surface area contributed by atoms with Gasteiger partial charge in [0, 0.05) is 18.2 Å². The average Bonchev–Trinajstić information content (AvgIpc) is 2.61. The second kappa shape index (κ2) is 4.37. The summed E-state index contributed by atoms with van der Waals surface area (Å²) in [6.45, 7) is 2.65. The van der Waals surface area contributed by atoms with Crippen molar-refractivity contribution in [2.24, 2.45) is 5.73 Å². The van der Waals surface area contributed by atoms with Crippen LogP contribution in [-0.2, 0) is 6.42 Å². The number of aryl methyl sites for hydroxylation is 1. The van der Waals surface area contributed by atoms with Gasteiger partial charge in [-0.05, 0) is 25.1 Å². The molecular formula is C12H16N4. The van der Waals surface area contributed by atoms with Crippen LogP contribution in [0.1, 0.15) is 11.3 Å². The van der Waals surface area contributed by atoms with Gasteiger partial charge in [-0.15, -0.1) is 0 Å². The Morgan fingerprint density at radius 1 is 1.31 bits per heavy atom. The van der Waals surface area contributed by atoms with Gasteiger partial charge in [-0.3, -0.25) is 0 Å². The molecule has 0 amide bonds. The molecule has 4 nitrogen and oxygen atoms in total. The molecule has 0 saturated carbocycles. The van der Waals surface area contributed by atoms with Crippen molar-refractivity contribution < 1.29 is 0 Å². The fourth-order valence-electron chi connectivity index (χ4n) is 1.78. The lowest BCUT2D eigenvalue weighted by Crippen LogP contribution is -2.09. The van der Waals surface area contributed by atoms with Crippen LogP contribution >= 0.6 is 0 Å². The third-order valence-corrected chi connectivity index (χ3v) is 2.55. The Morgan fingerprint density at radius 3 is 2.75 bits per heavy atom. The minimum absolute atomic E-state index is 0.534. The summed E-state index contributed by atoms with van der Waals surface area (Å²) in [6.07, 6.45) is 0.776. The van der Waals surface area contributed by atoms with E-state index in [1.807, 2.05) is 28.9 Å². The summed E-state index contributed by atoms with van der Waals surface area (Å²) in [5, 5.41) is 4.30. The predicted molar refractivity (Wildman–Crippen MR) is 65.5 cm³/mol. The zero-order valence-corrected chi connectivity index (χ0v) is 9.35. The average molecular weight is 216 g/mol. The molecule has 84 valence electrons. The Bertz CT molecular complexity index is 488. The Kier molecular flexibility index (Phi) is 2.92. The van der Waals surface area contributed by atoms with Crippen molar-refractivity contribution >= 4 is 5.82 Å². The fraction of sp³-hybridized carbons (Fsp3) is 0.250. The van der Waals surface area contributed by atoms with Gasteiger partial charge >= 0.3 is 0 Å². The van der Waals surface area contributed by atoms with Gasteiger partial charge in [-0.2, -0.15) is 5.10 Å². The molecule has 0 radical (unpaired) electrons. The molecule has 4 heteroatoms. The number of nitrogens with zero attached hydrogens (tertiary/aromatic N) is 2. The highest BCUT2D eigenvalue weighted by molar-refractivity contribution is 5.43. The second-order valence-electron chi connectivity index (χ2n) is 3.80. The van der Waals surface area contributed by atoms with Crippen LogP contribution in [0.4, 0.5) is 5.82 Å². The highest BCUT2D eigenvalue weighted by atomic mass is 15.3. The van der Waals surface area contributed by atoms with Gasteiger partial charge in [0.05, 0.1) is 5.69 Å². The summed E-state index contributed by atoms with van der Waals surface area (Å²) in [4.78, 5) is 0. The summed E-state index contributed by atoms with van der Waals surface area (Å²) >= 11 is 0. The lowest BCUT2D eigenvalue weighted by atomic mass is 10.2. The Labute approximate surface area is 94.9 Å². The standard InChI is InChI=1S/C12H16N4/c1-9-4-2-3-5-11(9)16-10(6-7-13)8-12(14)15-16/h2-5,8H,6-7,13H2,1H3,(H2,14,15). The first-order chi connectivity index (χ1) is 7.72. The van der Waals surface area contributed by atoms with Gasteiger partial charge in [-0.25, -0.2) is 4.68 Å². The van der Waals surface area contributed by atoms with E-state index in [1.165, 1.54) is 5.56 Å². The minimum atomic E-state index is 0.534. The van der Waals surface area contributed by atoms with Crippen LogP contribution in [0.15, 0.2) is 30.3 Å². The van der Waals surface area contributed by atoms with Gasteiger partial charge in [0.1, 0.15) is 5.82 Å². The van der Waals surface area contributed by atoms with Crippen LogP contribution in [0, 0.1) is 6.92 Å². The normalized spacial score (nSPS) is 10.6. The molecule has 0 atom stereocenters. The SMILES string of the molecule is Cc1ccccc1-n1nc(N)cc1CCN. The van der Waals surface area contributed by atoms with Crippen molar-refractivity contribution in [3.63, 3.8) is 0 Å². The van der Waals surface area contributed by atoms with Gasteiger partial charge in [0.25, 0.3) is 0 Å². The quantitative estimate of drug-likeness (QED) is 0.811. The van der Waals surface area contributed by atoms with Crippen molar-refractivity contribution in [1.29, 1.82) is 0 Å². The van der Waals surface area contributed by atoms with E-state index in [0.29, 0.717) is 12.4 Å². The lowest BCUT2D eigenvalue weighted by Gasteiger charge is -2.09. The molecule has 2 rings (SSSR count). The molecule has 2 aromatic rings. The van der Waals surface area contributed by atoms with Gasteiger partial charge < -0.3 is 11.5 Å². The van der Waals surface area contributed by atoms with Crippen LogP contribution in [0.25, 0.3) is 5.69 Å². The van der Waals surface area contributed by atoms with Crippen molar-refractivity contribution in [2.45, 2.75) is 13.3 Å². The molecule has 0 aliphatic rings. The molecular weight excluding hydrogens is 200 g/mol. The summed E-state index contributed by atoms with van der Waals surface area (Å²) in [7, 11) is 0. The van der Waals surface area contributed by atoms with Crippen LogP contribution in [-0.4, -0.2) is 16.3 Å². The molecule has 4 N–H and O–H groups in total. The molecule has 16 heavy (non-hydrogen) atoms. The molecule has 0 unspecified atom stereocenters. The van der Waals surface area contributed by atoms with Crippen LogP contribution in [0.2, 0.25) is 0 Å². The first kappa shape index (κ1) is 10.7. The minimum Gasteiger partial charge on any atom is -0.382 e. The number of benzene rings is 1. The predicted octanol–water partition coefficient (Wildman–Crippen LogP) is 1.26. The summed E-state index contributed by atoms with van der Waals surface area (Å²) in [5.74, 6) is 0.534. The third kappa shape index (κ3) is 1.92. The first-order valence-corrected chi connectivity index (χ1v) is 5.33. The largest absolute Gasteiger partial charge is 0.382 e. The molecule has 0 aliphatic heterocycles. The van der Waals surface area contributed by atoms with E-state index in [2.05, 4.69) is 18.1 Å². The molecule has 0 saturated heterocycles. The smallest absolute Gasteiger partial charge is 0.146 e. The summed E-state index contributed by atoms with van der Waals surface area (Å²) < 4.78 is 1.87. The molecule has 0 spiro atoms. The molecule has 1 heterocycles. The number of nitrogens with two attached hydrogens (primary N) is 2. The maximum Gasteiger partial charge on any atom is 0.146 e. The van der Waals surface area contributed by atoms with Crippen LogP contribution in [0.5, 0.6) is 0 Å². The Morgan fingerprint density at radius 2 is 2.06 bits per heavy atom. The number of aromatic nitrogens is 2. The summed E-state index contributed by atoms with van der Waals surface area (Å²) in [6, 6.07) is 9.96. The van der Waals surface area contributed by atoms with Gasteiger partial charge in [0.15, 0.2) is 0 Å².